The van der Waals surface area contributed by atoms with Gasteiger partial charge in [0.1, 0.15) is 11.8 Å². The quantitative estimate of drug-likeness (QED) is 0.745. The number of nitrogens with two attached hydrogens (primary N) is 1. The normalized spacial score (nSPS) is 18.5. The lowest BCUT2D eigenvalue weighted by Crippen LogP contribution is -2.50. The van der Waals surface area contributed by atoms with E-state index < -0.39 is 17.9 Å². The summed E-state index contributed by atoms with van der Waals surface area (Å²) in [7, 11) is 0. The second-order valence-corrected chi connectivity index (χ2v) is 6.01. The summed E-state index contributed by atoms with van der Waals surface area (Å²) in [6, 6.07) is 5.42. The van der Waals surface area contributed by atoms with Crippen molar-refractivity contribution in [2.75, 3.05) is 5.32 Å². The van der Waals surface area contributed by atoms with Gasteiger partial charge in [-0.05, 0) is 43.0 Å². The smallest absolute Gasteiger partial charge is 0.251 e. The van der Waals surface area contributed by atoms with Gasteiger partial charge in [0.15, 0.2) is 0 Å². The van der Waals surface area contributed by atoms with Crippen molar-refractivity contribution in [2.24, 2.45) is 11.7 Å². The highest BCUT2D eigenvalue weighted by molar-refractivity contribution is 5.98. The molecule has 1 aliphatic rings. The van der Waals surface area contributed by atoms with Crippen molar-refractivity contribution in [1.82, 2.24) is 5.32 Å². The van der Waals surface area contributed by atoms with Crippen LogP contribution in [0.1, 0.15) is 43.0 Å². The monoisotopic (exact) mass is 331 g/mol. The average molecular weight is 331 g/mol. The van der Waals surface area contributed by atoms with Crippen LogP contribution in [0, 0.1) is 5.92 Å². The van der Waals surface area contributed by atoms with Crippen LogP contribution in [-0.2, 0) is 14.4 Å². The van der Waals surface area contributed by atoms with Gasteiger partial charge >= 0.3 is 0 Å². The maximum Gasteiger partial charge on any atom is 0.251 e. The Morgan fingerprint density at radius 1 is 1.21 bits per heavy atom. The van der Waals surface area contributed by atoms with E-state index in [1.807, 2.05) is 0 Å². The molecule has 0 aromatic heterocycles. The minimum absolute atomic E-state index is 0.0893. The summed E-state index contributed by atoms with van der Waals surface area (Å²) >= 11 is 0. The lowest BCUT2D eigenvalue weighted by Gasteiger charge is -2.28. The van der Waals surface area contributed by atoms with Gasteiger partial charge in [0.2, 0.25) is 11.8 Å². The predicted octanol–water partition coefficient (Wildman–Crippen LogP) is 0.988. The van der Waals surface area contributed by atoms with E-state index in [4.69, 9.17) is 5.73 Å². The van der Waals surface area contributed by atoms with Crippen molar-refractivity contribution < 1.29 is 19.2 Å². The van der Waals surface area contributed by atoms with E-state index in [-0.39, 0.29) is 24.0 Å². The van der Waals surface area contributed by atoms with Crippen LogP contribution >= 0.6 is 0 Å². The van der Waals surface area contributed by atoms with Crippen LogP contribution < -0.4 is 16.4 Å². The number of carbonyl (C=O) groups is 4. The maximum absolute atomic E-state index is 12.3. The predicted molar refractivity (Wildman–Crippen MR) is 88.2 cm³/mol. The molecule has 0 aliphatic heterocycles. The van der Waals surface area contributed by atoms with Crippen LogP contribution in [0.25, 0.3) is 0 Å². The van der Waals surface area contributed by atoms with E-state index in [9.17, 15) is 19.2 Å². The number of carbonyl (C=O) groups excluding carboxylic acids is 4. The molecule has 1 aromatic rings. The molecule has 1 saturated carbocycles. The number of anilines is 1. The van der Waals surface area contributed by atoms with Crippen molar-refractivity contribution in [3.05, 3.63) is 29.8 Å². The van der Waals surface area contributed by atoms with E-state index in [2.05, 4.69) is 10.6 Å². The summed E-state index contributed by atoms with van der Waals surface area (Å²) < 4.78 is 0. The van der Waals surface area contributed by atoms with Gasteiger partial charge in [0.25, 0.3) is 5.91 Å². The molecular formula is C17H21N3O4. The largest absolute Gasteiger partial charge is 0.368 e. The van der Waals surface area contributed by atoms with Crippen molar-refractivity contribution in [1.29, 1.82) is 0 Å². The van der Waals surface area contributed by atoms with Gasteiger partial charge in [0.05, 0.1) is 0 Å². The molecule has 0 unspecified atom stereocenters. The van der Waals surface area contributed by atoms with Gasteiger partial charge in [-0.15, -0.1) is 0 Å². The number of hydrogen-bond donors (Lipinski definition) is 3. The molecular weight excluding hydrogens is 310 g/mol. The zero-order valence-corrected chi connectivity index (χ0v) is 13.5. The zero-order chi connectivity index (χ0) is 17.7. The maximum atomic E-state index is 12.3. The third-order valence-corrected chi connectivity index (χ3v) is 4.05. The van der Waals surface area contributed by atoms with Crippen LogP contribution in [0.4, 0.5) is 5.69 Å². The Labute approximate surface area is 140 Å². The SMILES string of the molecule is CC(=O)Nc1ccc(C(=O)N[C@@H](C(N)=O)[C@@H]2CCCC(=O)C2)cc1. The first-order chi connectivity index (χ1) is 11.4. The van der Waals surface area contributed by atoms with E-state index >= 15 is 0 Å². The van der Waals surface area contributed by atoms with Crippen LogP contribution in [0.5, 0.6) is 0 Å². The molecule has 128 valence electrons. The Morgan fingerprint density at radius 2 is 1.88 bits per heavy atom. The molecule has 7 nitrogen and oxygen atoms in total. The van der Waals surface area contributed by atoms with E-state index in [0.29, 0.717) is 30.5 Å². The molecule has 1 aromatic carbocycles. The number of Topliss-reactive ketones (excluding diaryl/α,β-unsaturated/α-hetero) is 1. The highest BCUT2D eigenvalue weighted by atomic mass is 16.2. The second kappa shape index (κ2) is 7.72. The van der Waals surface area contributed by atoms with Gasteiger partial charge in [-0.25, -0.2) is 0 Å². The fourth-order valence-electron chi connectivity index (χ4n) is 2.90. The number of benzene rings is 1. The molecule has 3 amide bonds. The first kappa shape index (κ1) is 17.7. The number of nitrogens with one attached hydrogen (secondary N) is 2. The highest BCUT2D eigenvalue weighted by Crippen LogP contribution is 2.24. The standard InChI is InChI=1S/C17H21N3O4/c1-10(21)19-13-7-5-11(6-8-13)17(24)20-15(16(18)23)12-3-2-4-14(22)9-12/h5-8,12,15H,2-4,9H2,1H3,(H2,18,23)(H,19,21)(H,20,24)/t12-,15-/m1/s1. The number of hydrogen-bond acceptors (Lipinski definition) is 4. The molecule has 0 radical (unpaired) electrons. The minimum Gasteiger partial charge on any atom is -0.368 e. The summed E-state index contributed by atoms with van der Waals surface area (Å²) in [6.07, 6.45) is 2.16. The van der Waals surface area contributed by atoms with Gasteiger partial charge in [-0.3, -0.25) is 19.2 Å². The first-order valence-electron chi connectivity index (χ1n) is 7.86. The van der Waals surface area contributed by atoms with Gasteiger partial charge in [0, 0.05) is 31.0 Å². The molecule has 4 N–H and O–H groups in total. The summed E-state index contributed by atoms with van der Waals surface area (Å²) in [4.78, 5) is 46.6. The van der Waals surface area contributed by atoms with Gasteiger partial charge < -0.3 is 16.4 Å². The lowest BCUT2D eigenvalue weighted by atomic mass is 9.82. The number of rotatable bonds is 5. The van der Waals surface area contributed by atoms with Crippen LogP contribution in [0.15, 0.2) is 24.3 Å². The molecule has 0 heterocycles. The number of primary amides is 1. The molecule has 24 heavy (non-hydrogen) atoms. The topological polar surface area (TPSA) is 118 Å². The molecule has 7 heteroatoms. The average Bonchev–Trinajstić information content (AvgIpc) is 2.52. The molecule has 0 saturated heterocycles. The van der Waals surface area contributed by atoms with Crippen molar-refractivity contribution in [3.8, 4) is 0 Å². The van der Waals surface area contributed by atoms with E-state index in [1.54, 1.807) is 24.3 Å². The Kier molecular flexibility index (Phi) is 5.68. The first-order valence-corrected chi connectivity index (χ1v) is 7.86. The molecule has 2 atom stereocenters. The molecule has 1 fully saturated rings. The van der Waals surface area contributed by atoms with E-state index in [0.717, 1.165) is 0 Å². The number of amides is 3. The Balaban J connectivity index is 2.06. The molecule has 1 aliphatic carbocycles. The summed E-state index contributed by atoms with van der Waals surface area (Å²) in [6.45, 7) is 1.39. The third-order valence-electron chi connectivity index (χ3n) is 4.05. The summed E-state index contributed by atoms with van der Waals surface area (Å²) in [5, 5.41) is 5.23. The molecule has 0 bridgehead atoms. The van der Waals surface area contributed by atoms with Crippen LogP contribution in [0.2, 0.25) is 0 Å². The Morgan fingerprint density at radius 3 is 2.42 bits per heavy atom. The molecule has 2 rings (SSSR count). The third kappa shape index (κ3) is 4.65. The molecule has 0 spiro atoms. The summed E-state index contributed by atoms with van der Waals surface area (Å²) in [5.74, 6) is -1.45. The van der Waals surface area contributed by atoms with Gasteiger partial charge in [-0.1, -0.05) is 0 Å². The van der Waals surface area contributed by atoms with Crippen LogP contribution in [0.3, 0.4) is 0 Å². The Hall–Kier alpha value is -2.70. The minimum atomic E-state index is -0.864. The highest BCUT2D eigenvalue weighted by Gasteiger charge is 2.32. The van der Waals surface area contributed by atoms with Crippen molar-refractivity contribution in [3.63, 3.8) is 0 Å². The van der Waals surface area contributed by atoms with E-state index in [1.165, 1.54) is 6.92 Å². The Bertz CT molecular complexity index is 654. The van der Waals surface area contributed by atoms with Crippen molar-refractivity contribution in [2.45, 2.75) is 38.6 Å². The van der Waals surface area contributed by atoms with Gasteiger partial charge in [-0.2, -0.15) is 0 Å². The zero-order valence-electron chi connectivity index (χ0n) is 13.5. The second-order valence-electron chi connectivity index (χ2n) is 6.01. The van der Waals surface area contributed by atoms with Crippen LogP contribution in [-0.4, -0.2) is 29.5 Å². The number of ketones is 1. The fourth-order valence-corrected chi connectivity index (χ4v) is 2.90. The summed E-state index contributed by atoms with van der Waals surface area (Å²) in [5.41, 5.74) is 6.32. The lowest BCUT2D eigenvalue weighted by molar-refractivity contribution is -0.124. The fraction of sp³-hybridized carbons (Fsp3) is 0.412. The van der Waals surface area contributed by atoms with Crippen molar-refractivity contribution >= 4 is 29.2 Å².